The zero-order valence-electron chi connectivity index (χ0n) is 9.84. The van der Waals surface area contributed by atoms with Crippen LogP contribution in [-0.4, -0.2) is 19.5 Å². The van der Waals surface area contributed by atoms with Gasteiger partial charge in [-0.2, -0.15) is 0 Å². The zero-order chi connectivity index (χ0) is 11.6. The van der Waals surface area contributed by atoms with E-state index in [1.54, 1.807) is 7.05 Å². The van der Waals surface area contributed by atoms with Crippen LogP contribution in [0.1, 0.15) is 25.3 Å². The van der Waals surface area contributed by atoms with Crippen LogP contribution in [0.15, 0.2) is 24.3 Å². The SMILES string of the molecule is CCC1(CC(=O)NC)CNc2ccccc21. The number of nitrogens with one attached hydrogen (secondary N) is 2. The normalized spacial score (nSPS) is 22.4. The average molecular weight is 218 g/mol. The van der Waals surface area contributed by atoms with Crippen LogP contribution in [0, 0.1) is 0 Å². The number of para-hydroxylation sites is 1. The lowest BCUT2D eigenvalue weighted by atomic mass is 9.77. The lowest BCUT2D eigenvalue weighted by molar-refractivity contribution is -0.121. The van der Waals surface area contributed by atoms with Gasteiger partial charge in [0.25, 0.3) is 0 Å². The molecule has 3 heteroatoms. The molecule has 16 heavy (non-hydrogen) atoms. The second-order valence-corrected chi connectivity index (χ2v) is 4.38. The maximum atomic E-state index is 11.6. The minimum Gasteiger partial charge on any atom is -0.384 e. The van der Waals surface area contributed by atoms with Crippen molar-refractivity contribution in [2.75, 3.05) is 18.9 Å². The van der Waals surface area contributed by atoms with Gasteiger partial charge in [-0.25, -0.2) is 0 Å². The summed E-state index contributed by atoms with van der Waals surface area (Å²) in [4.78, 5) is 11.6. The first-order chi connectivity index (χ1) is 7.72. The Morgan fingerprint density at radius 2 is 2.25 bits per heavy atom. The molecular formula is C13H18N2O. The molecule has 0 fully saturated rings. The lowest BCUT2D eigenvalue weighted by Gasteiger charge is -2.26. The summed E-state index contributed by atoms with van der Waals surface area (Å²) in [7, 11) is 1.69. The van der Waals surface area contributed by atoms with Crippen LogP contribution in [-0.2, 0) is 10.2 Å². The van der Waals surface area contributed by atoms with Crippen molar-refractivity contribution >= 4 is 11.6 Å². The van der Waals surface area contributed by atoms with Crippen molar-refractivity contribution in [2.45, 2.75) is 25.2 Å². The summed E-state index contributed by atoms with van der Waals surface area (Å²) in [6.45, 7) is 3.00. The van der Waals surface area contributed by atoms with E-state index in [1.165, 1.54) is 11.3 Å². The number of fused-ring (bicyclic) bond motifs is 1. The number of anilines is 1. The maximum absolute atomic E-state index is 11.6. The topological polar surface area (TPSA) is 41.1 Å². The van der Waals surface area contributed by atoms with E-state index in [9.17, 15) is 4.79 Å². The van der Waals surface area contributed by atoms with Crippen molar-refractivity contribution in [1.82, 2.24) is 5.32 Å². The van der Waals surface area contributed by atoms with Crippen molar-refractivity contribution in [2.24, 2.45) is 0 Å². The van der Waals surface area contributed by atoms with Gasteiger partial charge in [0.2, 0.25) is 5.91 Å². The van der Waals surface area contributed by atoms with E-state index >= 15 is 0 Å². The first-order valence-electron chi connectivity index (χ1n) is 5.76. The molecule has 0 aliphatic carbocycles. The first kappa shape index (κ1) is 11.0. The van der Waals surface area contributed by atoms with Crippen molar-refractivity contribution in [1.29, 1.82) is 0 Å². The molecule has 0 radical (unpaired) electrons. The highest BCUT2D eigenvalue weighted by molar-refractivity contribution is 5.79. The Hall–Kier alpha value is -1.51. The summed E-state index contributed by atoms with van der Waals surface area (Å²) in [5.74, 6) is 0.111. The highest BCUT2D eigenvalue weighted by atomic mass is 16.1. The van der Waals surface area contributed by atoms with Crippen molar-refractivity contribution in [3.63, 3.8) is 0 Å². The summed E-state index contributed by atoms with van der Waals surface area (Å²) in [6.07, 6.45) is 1.54. The molecule has 86 valence electrons. The summed E-state index contributed by atoms with van der Waals surface area (Å²) in [5.41, 5.74) is 2.42. The van der Waals surface area contributed by atoms with E-state index in [4.69, 9.17) is 0 Å². The molecule has 0 saturated carbocycles. The number of benzene rings is 1. The van der Waals surface area contributed by atoms with Crippen molar-refractivity contribution < 1.29 is 4.79 Å². The predicted octanol–water partition coefficient (Wildman–Crippen LogP) is 1.90. The van der Waals surface area contributed by atoms with Gasteiger partial charge in [-0.1, -0.05) is 25.1 Å². The van der Waals surface area contributed by atoms with Crippen LogP contribution >= 0.6 is 0 Å². The van der Waals surface area contributed by atoms with Gasteiger partial charge in [0.1, 0.15) is 0 Å². The molecule has 0 saturated heterocycles. The number of rotatable bonds is 3. The quantitative estimate of drug-likeness (QED) is 0.813. The van der Waals surface area contributed by atoms with E-state index in [0.717, 1.165) is 13.0 Å². The van der Waals surface area contributed by atoms with E-state index in [1.807, 2.05) is 12.1 Å². The van der Waals surface area contributed by atoms with Crippen LogP contribution in [0.3, 0.4) is 0 Å². The van der Waals surface area contributed by atoms with E-state index in [2.05, 4.69) is 29.7 Å². The molecule has 1 unspecified atom stereocenters. The van der Waals surface area contributed by atoms with E-state index in [-0.39, 0.29) is 11.3 Å². The maximum Gasteiger partial charge on any atom is 0.220 e. The molecule has 1 aliphatic rings. The number of carbonyl (C=O) groups is 1. The summed E-state index contributed by atoms with van der Waals surface area (Å²) in [5, 5.41) is 6.11. The molecule has 1 aliphatic heterocycles. The third-order valence-electron chi connectivity index (χ3n) is 3.57. The highest BCUT2D eigenvalue weighted by Crippen LogP contribution is 2.41. The Balaban J connectivity index is 2.34. The molecule has 3 nitrogen and oxygen atoms in total. The third kappa shape index (κ3) is 1.66. The van der Waals surface area contributed by atoms with Crippen LogP contribution in [0.4, 0.5) is 5.69 Å². The van der Waals surface area contributed by atoms with Crippen LogP contribution in [0.2, 0.25) is 0 Å². The second kappa shape index (κ2) is 4.16. The van der Waals surface area contributed by atoms with Gasteiger partial charge >= 0.3 is 0 Å². The third-order valence-corrected chi connectivity index (χ3v) is 3.57. The molecule has 0 bridgehead atoms. The minimum absolute atomic E-state index is 0.0311. The fraction of sp³-hybridized carbons (Fsp3) is 0.462. The molecule has 1 amide bonds. The Kier molecular flexibility index (Phi) is 2.86. The largest absolute Gasteiger partial charge is 0.384 e. The van der Waals surface area contributed by atoms with Gasteiger partial charge < -0.3 is 10.6 Å². The van der Waals surface area contributed by atoms with Gasteiger partial charge in [0.05, 0.1) is 0 Å². The fourth-order valence-corrected chi connectivity index (χ4v) is 2.45. The Morgan fingerprint density at radius 1 is 1.50 bits per heavy atom. The highest BCUT2D eigenvalue weighted by Gasteiger charge is 2.38. The Morgan fingerprint density at radius 3 is 2.94 bits per heavy atom. The summed E-state index contributed by atoms with van der Waals surface area (Å²) >= 11 is 0. The van der Waals surface area contributed by atoms with Crippen LogP contribution in [0.5, 0.6) is 0 Å². The van der Waals surface area contributed by atoms with Gasteiger partial charge in [-0.05, 0) is 18.1 Å². The van der Waals surface area contributed by atoms with Crippen molar-refractivity contribution in [3.05, 3.63) is 29.8 Å². The molecule has 0 spiro atoms. The summed E-state index contributed by atoms with van der Waals surface area (Å²) < 4.78 is 0. The molecule has 2 rings (SSSR count). The molecule has 1 aromatic rings. The molecule has 2 N–H and O–H groups in total. The van der Waals surface area contributed by atoms with Gasteiger partial charge in [-0.15, -0.1) is 0 Å². The molecule has 1 atom stereocenters. The number of carbonyl (C=O) groups excluding carboxylic acids is 1. The second-order valence-electron chi connectivity index (χ2n) is 4.38. The first-order valence-corrected chi connectivity index (χ1v) is 5.76. The zero-order valence-corrected chi connectivity index (χ0v) is 9.84. The number of amides is 1. The number of hydrogen-bond donors (Lipinski definition) is 2. The monoisotopic (exact) mass is 218 g/mol. The smallest absolute Gasteiger partial charge is 0.220 e. The summed E-state index contributed by atoms with van der Waals surface area (Å²) in [6, 6.07) is 8.27. The Labute approximate surface area is 96.2 Å². The lowest BCUT2D eigenvalue weighted by Crippen LogP contribution is -2.34. The van der Waals surface area contributed by atoms with Crippen molar-refractivity contribution in [3.8, 4) is 0 Å². The van der Waals surface area contributed by atoms with Gasteiger partial charge in [-0.3, -0.25) is 4.79 Å². The number of hydrogen-bond acceptors (Lipinski definition) is 2. The molecule has 1 heterocycles. The van der Waals surface area contributed by atoms with Gasteiger partial charge in [0, 0.05) is 31.1 Å². The average Bonchev–Trinajstić information content (AvgIpc) is 2.69. The fourth-order valence-electron chi connectivity index (χ4n) is 2.45. The standard InChI is InChI=1S/C13H18N2O/c1-3-13(8-12(16)14-2)9-15-11-7-5-4-6-10(11)13/h4-7,15H,3,8-9H2,1-2H3,(H,14,16). The molecule has 0 aromatic heterocycles. The van der Waals surface area contributed by atoms with E-state index < -0.39 is 0 Å². The van der Waals surface area contributed by atoms with Crippen LogP contribution < -0.4 is 10.6 Å². The van der Waals surface area contributed by atoms with Crippen LogP contribution in [0.25, 0.3) is 0 Å². The minimum atomic E-state index is -0.0311. The van der Waals surface area contributed by atoms with Gasteiger partial charge in [0.15, 0.2) is 0 Å². The molecular weight excluding hydrogens is 200 g/mol. The Bertz CT molecular complexity index is 403. The molecule has 1 aromatic carbocycles. The predicted molar refractivity (Wildman–Crippen MR) is 65.6 cm³/mol. The van der Waals surface area contributed by atoms with E-state index in [0.29, 0.717) is 6.42 Å².